The van der Waals surface area contributed by atoms with Crippen LogP contribution < -0.4 is 18.9 Å². The summed E-state index contributed by atoms with van der Waals surface area (Å²) in [7, 11) is 0. The van der Waals surface area contributed by atoms with E-state index in [-0.39, 0.29) is 39.7 Å². The molecule has 4 aromatic carbocycles. The Kier molecular flexibility index (Phi) is 12.0. The molecule has 0 bridgehead atoms. The van der Waals surface area contributed by atoms with Crippen LogP contribution in [0.5, 0.6) is 23.0 Å². The highest BCUT2D eigenvalue weighted by atomic mass is 19.1. The second-order valence-electron chi connectivity index (χ2n) is 12.1. The van der Waals surface area contributed by atoms with Crippen LogP contribution in [0.4, 0.5) is 4.39 Å². The van der Waals surface area contributed by atoms with Gasteiger partial charge in [0.2, 0.25) is 0 Å². The lowest BCUT2D eigenvalue weighted by Gasteiger charge is -2.14. The summed E-state index contributed by atoms with van der Waals surface area (Å²) < 4.78 is 36.9. The second kappa shape index (κ2) is 16.4. The highest BCUT2D eigenvalue weighted by Gasteiger charge is 2.18. The highest BCUT2D eigenvalue weighted by molar-refractivity contribution is 5.92. The number of esters is 4. The predicted octanol–water partition coefficient (Wildman–Crippen LogP) is 9.34. The van der Waals surface area contributed by atoms with Gasteiger partial charge >= 0.3 is 23.9 Å². The summed E-state index contributed by atoms with van der Waals surface area (Å²) in [4.78, 5) is 48.8. The van der Waals surface area contributed by atoms with Gasteiger partial charge in [-0.2, -0.15) is 0 Å². The first kappa shape index (κ1) is 37.5. The fourth-order valence-electron chi connectivity index (χ4n) is 4.31. The Morgan fingerprint density at radius 3 is 1.47 bits per heavy atom. The average molecular weight is 689 g/mol. The zero-order valence-corrected chi connectivity index (χ0v) is 29.0. The van der Waals surface area contributed by atoms with Gasteiger partial charge in [0.05, 0.1) is 5.92 Å². The molecule has 0 unspecified atom stereocenters. The Morgan fingerprint density at radius 2 is 0.980 bits per heavy atom. The Labute approximate surface area is 296 Å². The summed E-state index contributed by atoms with van der Waals surface area (Å²) in [5.41, 5.74) is 4.27. The smallest absolute Gasteiger partial charge is 0.338 e. The molecule has 51 heavy (non-hydrogen) atoms. The summed E-state index contributed by atoms with van der Waals surface area (Å²) in [6.45, 7) is 18.6. The van der Waals surface area contributed by atoms with Gasteiger partial charge in [0.15, 0.2) is 23.0 Å². The van der Waals surface area contributed by atoms with Crippen molar-refractivity contribution in [3.8, 4) is 45.3 Å². The number of carbonyl (C=O) groups excluding carboxylic acids is 4. The van der Waals surface area contributed by atoms with E-state index < -0.39 is 35.6 Å². The van der Waals surface area contributed by atoms with Crippen molar-refractivity contribution in [1.29, 1.82) is 0 Å². The lowest BCUT2D eigenvalue weighted by molar-refractivity contribution is -0.138. The molecule has 0 saturated carbocycles. The molecule has 0 aliphatic carbocycles. The molecule has 0 aromatic heterocycles. The van der Waals surface area contributed by atoms with Crippen LogP contribution in [0.15, 0.2) is 115 Å². The molecule has 0 amide bonds. The van der Waals surface area contributed by atoms with E-state index in [0.29, 0.717) is 22.3 Å². The second-order valence-corrected chi connectivity index (χ2v) is 12.1. The van der Waals surface area contributed by atoms with Crippen LogP contribution in [0, 0.1) is 11.7 Å². The number of halogens is 1. The van der Waals surface area contributed by atoms with Crippen molar-refractivity contribution in [2.75, 3.05) is 0 Å². The van der Waals surface area contributed by atoms with E-state index in [4.69, 9.17) is 18.9 Å². The van der Waals surface area contributed by atoms with Crippen molar-refractivity contribution < 1.29 is 42.5 Å². The van der Waals surface area contributed by atoms with E-state index in [1.165, 1.54) is 39.0 Å². The summed E-state index contributed by atoms with van der Waals surface area (Å²) >= 11 is 0. The third kappa shape index (κ3) is 9.86. The van der Waals surface area contributed by atoms with E-state index in [0.717, 1.165) is 11.1 Å². The van der Waals surface area contributed by atoms with Gasteiger partial charge in [-0.1, -0.05) is 94.3 Å². The zero-order valence-electron chi connectivity index (χ0n) is 29.0. The Hall–Kier alpha value is -6.35. The summed E-state index contributed by atoms with van der Waals surface area (Å²) in [5.74, 6) is -3.17. The first-order chi connectivity index (χ1) is 24.1. The molecular formula is C42H37FO8. The van der Waals surface area contributed by atoms with Crippen molar-refractivity contribution in [2.45, 2.75) is 34.6 Å². The van der Waals surface area contributed by atoms with Gasteiger partial charge in [0, 0.05) is 22.3 Å². The van der Waals surface area contributed by atoms with E-state index in [1.54, 1.807) is 62.4 Å². The molecule has 0 atom stereocenters. The van der Waals surface area contributed by atoms with Gasteiger partial charge in [0.25, 0.3) is 0 Å². The molecule has 0 N–H and O–H groups in total. The SMILES string of the molecule is C=C(C)C(=O)Oc1ccc(/C=C/c2ccc(-c3ccc(-c4ccc(OC(=O)C(=C)C)c(OC(=O)C(C)C)c4)cc3)cc2F)cc1OC(=O)C(=C)C. The molecule has 260 valence electrons. The minimum absolute atomic E-state index is 0.00558. The lowest BCUT2D eigenvalue weighted by atomic mass is 9.99. The molecule has 0 fully saturated rings. The molecule has 4 rings (SSSR count). The van der Waals surface area contributed by atoms with Gasteiger partial charge in [-0.05, 0) is 78.9 Å². The average Bonchev–Trinajstić information content (AvgIpc) is 3.09. The summed E-state index contributed by atoms with van der Waals surface area (Å²) in [5, 5.41) is 0. The molecule has 0 radical (unpaired) electrons. The molecule has 0 heterocycles. The standard InChI is InChI=1S/C42H37FO8/c1-24(2)39(44)48-35-19-10-28(21-37(35)50-41(46)26(5)6)9-11-31-16-17-32(22-34(31)43)29-12-14-30(15-13-29)33-18-20-36(49-40(45)25(3)4)38(23-33)51-42(47)27(7)8/h9-23,27H,1,3,5H2,2,4,6-8H3/b11-9+. The van der Waals surface area contributed by atoms with Gasteiger partial charge in [-0.3, -0.25) is 4.79 Å². The van der Waals surface area contributed by atoms with E-state index >= 15 is 4.39 Å². The van der Waals surface area contributed by atoms with Crippen LogP contribution >= 0.6 is 0 Å². The molecule has 0 saturated heterocycles. The van der Waals surface area contributed by atoms with Crippen LogP contribution in [0.2, 0.25) is 0 Å². The molecule has 8 nitrogen and oxygen atoms in total. The van der Waals surface area contributed by atoms with Gasteiger partial charge < -0.3 is 18.9 Å². The van der Waals surface area contributed by atoms with Crippen LogP contribution in [0.1, 0.15) is 45.7 Å². The van der Waals surface area contributed by atoms with Gasteiger partial charge in [-0.25, -0.2) is 18.8 Å². The van der Waals surface area contributed by atoms with Crippen molar-refractivity contribution in [1.82, 2.24) is 0 Å². The minimum Gasteiger partial charge on any atom is -0.422 e. The monoisotopic (exact) mass is 688 g/mol. The third-order valence-corrected chi connectivity index (χ3v) is 7.25. The van der Waals surface area contributed by atoms with E-state index in [9.17, 15) is 19.2 Å². The Balaban J connectivity index is 1.55. The molecule has 0 aliphatic rings. The molecule has 4 aromatic rings. The minimum atomic E-state index is -0.699. The highest BCUT2D eigenvalue weighted by Crippen LogP contribution is 2.35. The molecule has 9 heteroatoms. The van der Waals surface area contributed by atoms with Crippen molar-refractivity contribution in [3.05, 3.63) is 132 Å². The topological polar surface area (TPSA) is 105 Å². The number of hydrogen-bond acceptors (Lipinski definition) is 8. The van der Waals surface area contributed by atoms with E-state index in [2.05, 4.69) is 19.7 Å². The summed E-state index contributed by atoms with van der Waals surface area (Å²) in [6, 6.07) is 21.7. The quantitative estimate of drug-likeness (QED) is 0.0628. The van der Waals surface area contributed by atoms with Gasteiger partial charge in [0.1, 0.15) is 5.82 Å². The fourth-order valence-corrected chi connectivity index (χ4v) is 4.31. The Morgan fingerprint density at radius 1 is 0.549 bits per heavy atom. The summed E-state index contributed by atoms with van der Waals surface area (Å²) in [6.07, 6.45) is 3.20. The lowest BCUT2D eigenvalue weighted by Crippen LogP contribution is -2.16. The number of benzene rings is 4. The van der Waals surface area contributed by atoms with Crippen LogP contribution in [0.25, 0.3) is 34.4 Å². The number of rotatable bonds is 12. The zero-order chi connectivity index (χ0) is 37.4. The predicted molar refractivity (Wildman–Crippen MR) is 194 cm³/mol. The normalized spacial score (nSPS) is 10.8. The molecule has 0 aliphatic heterocycles. The number of ether oxygens (including phenoxy) is 4. The van der Waals surface area contributed by atoms with E-state index in [1.807, 2.05) is 24.3 Å². The number of carbonyl (C=O) groups is 4. The first-order valence-corrected chi connectivity index (χ1v) is 15.8. The van der Waals surface area contributed by atoms with Crippen LogP contribution in [0.3, 0.4) is 0 Å². The maximum Gasteiger partial charge on any atom is 0.338 e. The number of hydrogen-bond donors (Lipinski definition) is 0. The van der Waals surface area contributed by atoms with Crippen LogP contribution in [-0.4, -0.2) is 23.9 Å². The fraction of sp³-hybridized carbons (Fsp3) is 0.143. The molecular weight excluding hydrogens is 651 g/mol. The maximum atomic E-state index is 15.3. The third-order valence-electron chi connectivity index (χ3n) is 7.25. The van der Waals surface area contributed by atoms with Crippen LogP contribution in [-0.2, 0) is 19.2 Å². The van der Waals surface area contributed by atoms with Gasteiger partial charge in [-0.15, -0.1) is 0 Å². The van der Waals surface area contributed by atoms with Crippen molar-refractivity contribution in [3.63, 3.8) is 0 Å². The first-order valence-electron chi connectivity index (χ1n) is 15.8. The van der Waals surface area contributed by atoms with Crippen molar-refractivity contribution >= 4 is 36.0 Å². The largest absolute Gasteiger partial charge is 0.422 e. The molecule has 0 spiro atoms. The van der Waals surface area contributed by atoms with Crippen molar-refractivity contribution in [2.24, 2.45) is 5.92 Å². The maximum absolute atomic E-state index is 15.3. The Bertz CT molecular complexity index is 2090.